The molecule has 0 heterocycles. The van der Waals surface area contributed by atoms with Crippen molar-refractivity contribution in [3.63, 3.8) is 0 Å². The SMILES string of the molecule is CCCCOCCOc1ccc(C(=O)O)cc1[N+](=O)[O-]. The molecule has 0 radical (unpaired) electrons. The topological polar surface area (TPSA) is 98.9 Å². The maximum atomic E-state index is 10.9. The highest BCUT2D eigenvalue weighted by Crippen LogP contribution is 2.27. The number of carboxylic acids is 1. The number of hydrogen-bond donors (Lipinski definition) is 1. The summed E-state index contributed by atoms with van der Waals surface area (Å²) >= 11 is 0. The molecule has 0 bridgehead atoms. The molecule has 7 nitrogen and oxygen atoms in total. The van der Waals surface area contributed by atoms with E-state index in [0.29, 0.717) is 13.2 Å². The Morgan fingerprint density at radius 1 is 1.35 bits per heavy atom. The number of unbranched alkanes of at least 4 members (excludes halogenated alkanes) is 1. The highest BCUT2D eigenvalue weighted by atomic mass is 16.6. The maximum Gasteiger partial charge on any atom is 0.335 e. The van der Waals surface area contributed by atoms with E-state index >= 15 is 0 Å². The van der Waals surface area contributed by atoms with Crippen LogP contribution in [-0.4, -0.2) is 35.8 Å². The van der Waals surface area contributed by atoms with Crippen molar-refractivity contribution in [2.45, 2.75) is 19.8 Å². The smallest absolute Gasteiger partial charge is 0.335 e. The van der Waals surface area contributed by atoms with Gasteiger partial charge in [0.15, 0.2) is 5.75 Å². The lowest BCUT2D eigenvalue weighted by Crippen LogP contribution is -2.09. The number of nitro groups is 1. The lowest BCUT2D eigenvalue weighted by atomic mass is 10.2. The van der Waals surface area contributed by atoms with E-state index in [9.17, 15) is 14.9 Å². The summed E-state index contributed by atoms with van der Waals surface area (Å²) in [7, 11) is 0. The normalized spacial score (nSPS) is 10.2. The van der Waals surface area contributed by atoms with Crippen LogP contribution in [0.3, 0.4) is 0 Å². The van der Waals surface area contributed by atoms with E-state index < -0.39 is 10.9 Å². The lowest BCUT2D eigenvalue weighted by molar-refractivity contribution is -0.385. The Hall–Kier alpha value is -2.15. The second-order valence-corrected chi connectivity index (χ2v) is 4.06. The number of ether oxygens (including phenoxy) is 2. The maximum absolute atomic E-state index is 10.9. The average molecular weight is 283 g/mol. The standard InChI is InChI=1S/C13H17NO6/c1-2-3-6-19-7-8-20-12-5-4-10(13(15)16)9-11(12)14(17)18/h4-5,9H,2-3,6-8H2,1H3,(H,15,16). The van der Waals surface area contributed by atoms with Crippen LogP contribution >= 0.6 is 0 Å². The summed E-state index contributed by atoms with van der Waals surface area (Å²) in [4.78, 5) is 21.0. The van der Waals surface area contributed by atoms with Gasteiger partial charge in [0.25, 0.3) is 0 Å². The largest absolute Gasteiger partial charge is 0.484 e. The van der Waals surface area contributed by atoms with E-state index in [1.54, 1.807) is 0 Å². The van der Waals surface area contributed by atoms with Gasteiger partial charge >= 0.3 is 11.7 Å². The van der Waals surface area contributed by atoms with Gasteiger partial charge in [-0.05, 0) is 18.6 Å². The zero-order valence-electron chi connectivity index (χ0n) is 11.2. The van der Waals surface area contributed by atoms with Crippen LogP contribution in [0.2, 0.25) is 0 Å². The van der Waals surface area contributed by atoms with Crippen LogP contribution in [0.1, 0.15) is 30.1 Å². The van der Waals surface area contributed by atoms with E-state index in [4.69, 9.17) is 14.6 Å². The summed E-state index contributed by atoms with van der Waals surface area (Å²) in [6, 6.07) is 3.53. The van der Waals surface area contributed by atoms with Crippen molar-refractivity contribution in [3.8, 4) is 5.75 Å². The van der Waals surface area contributed by atoms with Crippen LogP contribution < -0.4 is 4.74 Å². The number of benzene rings is 1. The van der Waals surface area contributed by atoms with Gasteiger partial charge in [-0.2, -0.15) is 0 Å². The molecule has 0 aromatic heterocycles. The number of carboxylic acid groups (broad SMARTS) is 1. The summed E-state index contributed by atoms with van der Waals surface area (Å²) in [5.41, 5.74) is -0.512. The molecule has 1 rings (SSSR count). The van der Waals surface area contributed by atoms with Crippen LogP contribution in [0.15, 0.2) is 18.2 Å². The van der Waals surface area contributed by atoms with Gasteiger partial charge in [-0.15, -0.1) is 0 Å². The van der Waals surface area contributed by atoms with E-state index in [1.165, 1.54) is 12.1 Å². The van der Waals surface area contributed by atoms with Gasteiger partial charge in [0.1, 0.15) is 6.61 Å². The van der Waals surface area contributed by atoms with E-state index in [1.807, 2.05) is 6.92 Å². The first kappa shape index (κ1) is 15.9. The Bertz CT molecular complexity index is 474. The van der Waals surface area contributed by atoms with Crippen LogP contribution in [-0.2, 0) is 4.74 Å². The van der Waals surface area contributed by atoms with Crippen molar-refractivity contribution in [2.24, 2.45) is 0 Å². The predicted molar refractivity (Wildman–Crippen MR) is 71.3 cm³/mol. The van der Waals surface area contributed by atoms with Gasteiger partial charge in [0, 0.05) is 12.7 Å². The number of hydrogen-bond acceptors (Lipinski definition) is 5. The minimum Gasteiger partial charge on any atom is -0.484 e. The van der Waals surface area contributed by atoms with Gasteiger partial charge < -0.3 is 14.6 Å². The third-order valence-electron chi connectivity index (χ3n) is 2.53. The molecule has 0 spiro atoms. The van der Waals surface area contributed by atoms with Crippen molar-refractivity contribution in [2.75, 3.05) is 19.8 Å². The Balaban J connectivity index is 2.60. The molecule has 0 fully saturated rings. The first-order valence-corrected chi connectivity index (χ1v) is 6.28. The molecule has 1 aromatic carbocycles. The summed E-state index contributed by atoms with van der Waals surface area (Å²) in [5, 5.41) is 19.7. The third-order valence-corrected chi connectivity index (χ3v) is 2.53. The number of carbonyl (C=O) groups is 1. The molecule has 0 saturated carbocycles. The molecule has 0 atom stereocenters. The summed E-state index contributed by atoms with van der Waals surface area (Å²) in [6.45, 7) is 3.18. The van der Waals surface area contributed by atoms with Crippen molar-refractivity contribution in [3.05, 3.63) is 33.9 Å². The Kier molecular flexibility index (Phi) is 6.45. The second kappa shape index (κ2) is 8.11. The van der Waals surface area contributed by atoms with E-state index in [2.05, 4.69) is 0 Å². The third kappa shape index (κ3) is 4.85. The first-order chi connectivity index (χ1) is 9.56. The van der Waals surface area contributed by atoms with Crippen molar-refractivity contribution in [1.82, 2.24) is 0 Å². The molecule has 1 aromatic rings. The quantitative estimate of drug-likeness (QED) is 0.424. The first-order valence-electron chi connectivity index (χ1n) is 6.28. The molecular formula is C13H17NO6. The zero-order valence-corrected chi connectivity index (χ0v) is 11.2. The molecule has 0 aliphatic carbocycles. The van der Waals surface area contributed by atoms with Gasteiger partial charge in [-0.3, -0.25) is 10.1 Å². The monoisotopic (exact) mass is 283 g/mol. The fraction of sp³-hybridized carbons (Fsp3) is 0.462. The molecule has 7 heteroatoms. The molecule has 1 N–H and O–H groups in total. The summed E-state index contributed by atoms with van der Waals surface area (Å²) in [6.07, 6.45) is 1.98. The van der Waals surface area contributed by atoms with Gasteiger partial charge in [-0.1, -0.05) is 13.3 Å². The zero-order chi connectivity index (χ0) is 15.0. The van der Waals surface area contributed by atoms with Crippen LogP contribution in [0.5, 0.6) is 5.75 Å². The van der Waals surface area contributed by atoms with Crippen LogP contribution in [0.4, 0.5) is 5.69 Å². The van der Waals surface area contributed by atoms with E-state index in [0.717, 1.165) is 18.9 Å². The Morgan fingerprint density at radius 3 is 2.70 bits per heavy atom. The molecule has 20 heavy (non-hydrogen) atoms. The highest BCUT2D eigenvalue weighted by Gasteiger charge is 2.18. The number of rotatable bonds is 9. The lowest BCUT2D eigenvalue weighted by Gasteiger charge is -2.07. The average Bonchev–Trinajstić information content (AvgIpc) is 2.42. The molecular weight excluding hydrogens is 266 g/mol. The van der Waals surface area contributed by atoms with Crippen molar-refractivity contribution in [1.29, 1.82) is 0 Å². The van der Waals surface area contributed by atoms with Gasteiger partial charge in [0.2, 0.25) is 0 Å². The predicted octanol–water partition coefficient (Wildman–Crippen LogP) is 2.49. The summed E-state index contributed by atoms with van der Waals surface area (Å²) in [5.74, 6) is -1.18. The number of nitrogens with zero attached hydrogens (tertiary/aromatic N) is 1. The minimum absolute atomic E-state index is 0.0408. The molecule has 0 saturated heterocycles. The molecule has 0 amide bonds. The van der Waals surface area contributed by atoms with Gasteiger partial charge in [-0.25, -0.2) is 4.79 Å². The fourth-order valence-corrected chi connectivity index (χ4v) is 1.47. The molecule has 110 valence electrons. The van der Waals surface area contributed by atoms with Crippen molar-refractivity contribution >= 4 is 11.7 Å². The Morgan fingerprint density at radius 2 is 2.10 bits per heavy atom. The number of aromatic carboxylic acids is 1. The van der Waals surface area contributed by atoms with Crippen molar-refractivity contribution < 1.29 is 24.3 Å². The van der Waals surface area contributed by atoms with Gasteiger partial charge in [0.05, 0.1) is 17.1 Å². The van der Waals surface area contributed by atoms with Crippen LogP contribution in [0.25, 0.3) is 0 Å². The van der Waals surface area contributed by atoms with Crippen LogP contribution in [0, 0.1) is 10.1 Å². The number of nitro benzene ring substituents is 1. The second-order valence-electron chi connectivity index (χ2n) is 4.06. The highest BCUT2D eigenvalue weighted by molar-refractivity contribution is 5.88. The van der Waals surface area contributed by atoms with E-state index in [-0.39, 0.29) is 23.6 Å². The molecule has 0 unspecified atom stereocenters. The Labute approximate surface area is 116 Å². The fourth-order valence-electron chi connectivity index (χ4n) is 1.47. The minimum atomic E-state index is -1.22. The molecule has 0 aliphatic heterocycles. The summed E-state index contributed by atoms with van der Waals surface area (Å²) < 4.78 is 10.5. The molecule has 0 aliphatic rings.